The summed E-state index contributed by atoms with van der Waals surface area (Å²) < 4.78 is 156. The maximum Gasteiger partial charge on any atom is 0.409 e. The van der Waals surface area contributed by atoms with Gasteiger partial charge in [0.2, 0.25) is 5.76 Å². The fourth-order valence-corrected chi connectivity index (χ4v) is 16.1. The number of nitrogens with zero attached hydrogens (tertiary/aromatic N) is 16. The highest BCUT2D eigenvalue weighted by molar-refractivity contribution is 7.92. The molecule has 0 radical (unpaired) electrons. The molecule has 5 aromatic heterocycles. The number of esters is 2. The van der Waals surface area contributed by atoms with Crippen LogP contribution in [0.4, 0.5) is 10.5 Å². The monoisotopic (exact) mass is 2080 g/mol. The lowest BCUT2D eigenvalue weighted by Crippen LogP contribution is -2.31. The van der Waals surface area contributed by atoms with E-state index in [0.717, 1.165) is 76.1 Å². The molecule has 0 aliphatic heterocycles. The predicted molar refractivity (Wildman–Crippen MR) is 543 cm³/mol. The molecule has 0 aliphatic rings. The molecule has 9 N–H and O–H groups in total. The van der Waals surface area contributed by atoms with Crippen molar-refractivity contribution in [3.05, 3.63) is 266 Å². The van der Waals surface area contributed by atoms with Gasteiger partial charge in [-0.05, 0) is 201 Å². The van der Waals surface area contributed by atoms with Crippen LogP contribution in [0, 0.1) is 5.41 Å². The number of ketones is 1. The minimum atomic E-state index is -3.28. The van der Waals surface area contributed by atoms with Gasteiger partial charge in [0.25, 0.3) is 0 Å². The Bertz CT molecular complexity index is 6980. The normalized spacial score (nSPS) is 12.1. The van der Waals surface area contributed by atoms with Crippen molar-refractivity contribution in [2.24, 2.45) is 27.3 Å². The van der Waals surface area contributed by atoms with Gasteiger partial charge in [-0.3, -0.25) is 10.6 Å². The van der Waals surface area contributed by atoms with Crippen LogP contribution in [0.1, 0.15) is 200 Å². The number of nitrogens with one attached hydrogen (secondary N) is 3. The highest BCUT2D eigenvalue weighted by Gasteiger charge is 2.30. The zero-order chi connectivity index (χ0) is 108. The summed E-state index contributed by atoms with van der Waals surface area (Å²) in [5, 5.41) is 49.7. The van der Waals surface area contributed by atoms with Gasteiger partial charge in [-0.1, -0.05) is 130 Å². The SMILES string of the molecule is CC(C)(C)c1cc(CN)nn1-c1ccc(S(C)(=O)=O)cc1.CC(C)(C)c1cc(CN=[N+]=[N-])nn1-c1ccc(S(C)(=O)=O)cc1.CC(C)(C)c1cc(CNC(=O)NN=[N+]=[N-])nn1-c1ccc(S(C)(=O)=O)cc1.CC(C)(C)c1cc(CO)nn1-c1ccc(S(C)(=O)=O)cc1.CCOC(=O)/C(O)=C/C(=O)C(C)(C)C.CCOC(=O)c1cc(C(C)(C)C)n(-c2ccc(S(C)(=O)=O)cc2)n1.CS(=O)(=O)c1ccc(NN)cc1. The number of hydrogen-bond donors (Lipinski definition) is 7. The number of carbonyl (C=O) groups is 4. The molecule has 11 rings (SSSR count). The molecule has 6 aromatic carbocycles. The quantitative estimate of drug-likeness (QED) is 0.00432. The molecule has 142 heavy (non-hydrogen) atoms. The number of aliphatic hydroxyl groups is 2. The fourth-order valence-electron chi connectivity index (χ4n) is 12.4. The Morgan fingerprint density at radius 1 is 0.415 bits per heavy atom. The molecule has 770 valence electrons. The van der Waals surface area contributed by atoms with E-state index in [1.165, 1.54) is 55.2 Å². The van der Waals surface area contributed by atoms with Crippen LogP contribution in [-0.2, 0) is 131 Å². The standard InChI is InChI=1S/C17H22N2O4S.C16H21N7O3S.C15H19N5O2S.C15H21N3O2S.C15H20N2O3S.C10H16O4.C7H10N2O2S/c1-6-23-16(20)14-11-15(17(2,3)4)19(18-14)12-7-9-13(10-8-12)24(5,21)22;1-16(2,3)14-9-11(10-18-15(24)19-22-21-17)20-23(14)12-5-7-13(8-6-12)27(4,25)26;1-15(2,3)14-9-11(10-17-19-16)18-20(14)12-5-7-13(8-6-12)23(4,21)22;1-15(2,3)14-9-11(10-16)17-18(14)12-5-7-13(8-6-12)21(4,19)20;1-15(2,3)14-9-11(10-18)16-17(14)12-5-7-13(8-6-12)21(4,19)20;1-5-14-9(13)7(11)6-8(12)10(2,3)4;1-12(10,11)7-4-2-6(9-8)3-5-7/h7-11H,6H2,1-5H3;5-9H,10H2,1-4H3,(H2,18,19,24);5-9H,10H2,1-4H3;5-9H,10,16H2,1-4H3;5-9,18H,10H2,1-4H3;6,11H,5H2,1-4H3;2-5,9H,8H2,1H3/b;;;;;7-6-;. The number of sulfone groups is 6. The average molecular weight is 2080 g/mol. The van der Waals surface area contributed by atoms with E-state index in [1.54, 1.807) is 169 Å². The summed E-state index contributed by atoms with van der Waals surface area (Å²) in [5.74, 6) is 2.80. The van der Waals surface area contributed by atoms with Crippen LogP contribution in [0.5, 0.6) is 0 Å². The Balaban J connectivity index is 0.000000296. The second kappa shape index (κ2) is 49.0. The van der Waals surface area contributed by atoms with Crippen molar-refractivity contribution in [2.45, 2.75) is 221 Å². The Hall–Kier alpha value is -13.2. The molecule has 47 heteroatoms. The molecule has 0 aliphatic carbocycles. The van der Waals surface area contributed by atoms with Crippen molar-refractivity contribution in [1.29, 1.82) is 0 Å². The van der Waals surface area contributed by atoms with Gasteiger partial charge < -0.3 is 36.2 Å². The molecule has 0 spiro atoms. The van der Waals surface area contributed by atoms with Crippen molar-refractivity contribution < 1.29 is 89.4 Å². The number of carbonyl (C=O) groups excluding carboxylic acids is 4. The van der Waals surface area contributed by atoms with Gasteiger partial charge in [0, 0.05) is 116 Å². The van der Waals surface area contributed by atoms with Crippen molar-refractivity contribution in [1.82, 2.24) is 59.6 Å². The summed E-state index contributed by atoms with van der Waals surface area (Å²) in [7, 11) is -19.3. The number of rotatable bonds is 24. The summed E-state index contributed by atoms with van der Waals surface area (Å²) in [6.07, 6.45) is 7.94. The first-order valence-corrected chi connectivity index (χ1v) is 55.1. The molecule has 0 fully saturated rings. The first-order chi connectivity index (χ1) is 65.3. The van der Waals surface area contributed by atoms with Crippen LogP contribution in [0.15, 0.2) is 227 Å². The van der Waals surface area contributed by atoms with E-state index in [9.17, 15) is 74.8 Å². The Kier molecular flexibility index (Phi) is 41.1. The van der Waals surface area contributed by atoms with Crippen molar-refractivity contribution >= 4 is 88.5 Å². The highest BCUT2D eigenvalue weighted by atomic mass is 32.2. The number of amides is 2. The van der Waals surface area contributed by atoms with E-state index in [0.29, 0.717) is 50.5 Å². The lowest BCUT2D eigenvalue weighted by Gasteiger charge is -2.20. The number of aromatic nitrogens is 10. The minimum Gasteiger partial charge on any atom is -0.502 e. The molecule has 11 aromatic rings. The predicted octanol–water partition coefficient (Wildman–Crippen LogP) is 14.8. The molecule has 41 nitrogen and oxygen atoms in total. The first-order valence-electron chi connectivity index (χ1n) is 43.7. The largest absolute Gasteiger partial charge is 0.502 e. The number of nitrogens with two attached hydrogens (primary N) is 2. The third-order valence-corrected chi connectivity index (χ3v) is 26.6. The van der Waals surface area contributed by atoms with Crippen LogP contribution in [0.3, 0.4) is 0 Å². The van der Waals surface area contributed by atoms with Gasteiger partial charge in [0.1, 0.15) is 0 Å². The smallest absolute Gasteiger partial charge is 0.409 e. The molecule has 0 atom stereocenters. The highest BCUT2D eigenvalue weighted by Crippen LogP contribution is 2.34. The second-order valence-corrected chi connectivity index (χ2v) is 50.5. The van der Waals surface area contributed by atoms with Crippen LogP contribution < -0.4 is 27.7 Å². The molecule has 0 saturated heterocycles. The van der Waals surface area contributed by atoms with E-state index in [1.807, 2.05) is 75.9 Å². The number of nitrogen functional groups attached to an aromatic ring is 1. The third kappa shape index (κ3) is 36.1. The number of benzene rings is 6. The number of azide groups is 2. The minimum absolute atomic E-state index is 0.0874. The van der Waals surface area contributed by atoms with Gasteiger partial charge in [-0.2, -0.15) is 35.8 Å². The summed E-state index contributed by atoms with van der Waals surface area (Å²) in [6, 6.07) is 47.6. The van der Waals surface area contributed by atoms with E-state index in [4.69, 9.17) is 32.5 Å². The van der Waals surface area contributed by atoms with Gasteiger partial charge in [-0.25, -0.2) is 88.3 Å². The van der Waals surface area contributed by atoms with Crippen LogP contribution in [-0.4, -0.2) is 184 Å². The summed E-state index contributed by atoms with van der Waals surface area (Å²) >= 11 is 0. The maximum absolute atomic E-state index is 12.0. The van der Waals surface area contributed by atoms with Crippen molar-refractivity contribution in [2.75, 3.05) is 56.2 Å². The molecule has 2 amide bonds. The van der Waals surface area contributed by atoms with Gasteiger partial charge >= 0.3 is 18.0 Å². The molecule has 0 unspecified atom stereocenters. The summed E-state index contributed by atoms with van der Waals surface area (Å²) in [5.41, 5.74) is 37.2. The average Bonchev–Trinajstić information content (AvgIpc) is 1.68. The van der Waals surface area contributed by atoms with E-state index < -0.39 is 88.2 Å². The lowest BCUT2D eigenvalue weighted by atomic mass is 9.90. The van der Waals surface area contributed by atoms with E-state index in [-0.39, 0.29) is 91.0 Å². The Morgan fingerprint density at radius 2 is 0.697 bits per heavy atom. The van der Waals surface area contributed by atoms with Gasteiger partial charge in [-0.15, -0.1) is 5.53 Å². The number of urea groups is 1. The molecule has 5 heterocycles. The van der Waals surface area contributed by atoms with Crippen molar-refractivity contribution in [3.63, 3.8) is 0 Å². The number of ether oxygens (including phenoxy) is 2. The molecular formula is C95H129N21O20S6. The maximum atomic E-state index is 12.0. The van der Waals surface area contributed by atoms with Crippen LogP contribution in [0.2, 0.25) is 0 Å². The van der Waals surface area contributed by atoms with Crippen LogP contribution >= 0.6 is 0 Å². The Morgan fingerprint density at radius 3 is 0.979 bits per heavy atom. The van der Waals surface area contributed by atoms with Gasteiger partial charge in [0.15, 0.2) is 70.5 Å². The van der Waals surface area contributed by atoms with E-state index in [2.05, 4.69) is 123 Å². The lowest BCUT2D eigenvalue weighted by molar-refractivity contribution is -0.142. The number of anilines is 1. The molecule has 0 saturated carbocycles. The van der Waals surface area contributed by atoms with E-state index >= 15 is 0 Å². The Labute approximate surface area is 830 Å². The van der Waals surface area contributed by atoms with Crippen LogP contribution in [0.25, 0.3) is 49.3 Å². The number of aliphatic hydroxyl groups excluding tert-OH is 2. The topological polar surface area (TPSA) is 607 Å². The van der Waals surface area contributed by atoms with Gasteiger partial charge in [0.05, 0.1) is 119 Å². The summed E-state index contributed by atoms with van der Waals surface area (Å²) in [6.45, 7) is 40.2. The zero-order valence-electron chi connectivity index (χ0n) is 84.6. The number of hydrazine groups is 1. The fraction of sp³-hybridized carbons (Fsp3) is 0.400. The summed E-state index contributed by atoms with van der Waals surface area (Å²) in [4.78, 5) is 52.5. The van der Waals surface area contributed by atoms with Crippen molar-refractivity contribution in [3.8, 4) is 28.4 Å². The molecule has 0 bridgehead atoms. The number of hydrogen-bond acceptors (Lipinski definition) is 30. The second-order valence-electron chi connectivity index (χ2n) is 38.4. The first kappa shape index (κ1) is 119. The number of allylic oxidation sites excluding steroid dienone is 1. The molecular weight excluding hydrogens is 1950 g/mol. The zero-order valence-corrected chi connectivity index (χ0v) is 89.5. The third-order valence-electron chi connectivity index (χ3n) is 19.9.